The van der Waals surface area contributed by atoms with Gasteiger partial charge in [-0.1, -0.05) is 6.07 Å². The number of hydrogen-bond acceptors (Lipinski definition) is 9. The average Bonchev–Trinajstić information content (AvgIpc) is 3.13. The van der Waals surface area contributed by atoms with Crippen molar-refractivity contribution in [2.75, 3.05) is 36.4 Å². The number of hydrogen-bond donors (Lipinski definition) is 1. The van der Waals surface area contributed by atoms with E-state index in [0.29, 0.717) is 54.7 Å². The van der Waals surface area contributed by atoms with Gasteiger partial charge in [-0.2, -0.15) is 4.31 Å². The van der Waals surface area contributed by atoms with E-state index in [-0.39, 0.29) is 4.90 Å². The Morgan fingerprint density at radius 2 is 1.79 bits per heavy atom. The standard InChI is InChI=1S/C21H21N7O4S/c1-26-16-12-15(5-6-17(16)32-21(26)29)33(30,31)28-10-8-27(9-11-28)20-13-19(23-14-24-20)25-18-4-2-3-7-22-18/h2-7,12-14H,8-11H2,1H3,(H,22,23,24,25). The van der Waals surface area contributed by atoms with Crippen molar-refractivity contribution >= 4 is 38.6 Å². The molecule has 1 aliphatic rings. The van der Waals surface area contributed by atoms with Gasteiger partial charge in [0.2, 0.25) is 10.0 Å². The Morgan fingerprint density at radius 3 is 2.55 bits per heavy atom. The molecule has 0 unspecified atom stereocenters. The van der Waals surface area contributed by atoms with Crippen molar-refractivity contribution in [3.8, 4) is 0 Å². The van der Waals surface area contributed by atoms with E-state index in [9.17, 15) is 13.2 Å². The van der Waals surface area contributed by atoms with E-state index in [1.54, 1.807) is 13.2 Å². The maximum Gasteiger partial charge on any atom is 0.419 e. The summed E-state index contributed by atoms with van der Waals surface area (Å²) in [6, 6.07) is 11.8. The molecule has 170 valence electrons. The molecule has 0 radical (unpaired) electrons. The topological polar surface area (TPSA) is 126 Å². The smallest absolute Gasteiger partial charge is 0.408 e. The number of sulfonamides is 1. The monoisotopic (exact) mass is 467 g/mol. The third kappa shape index (κ3) is 4.05. The lowest BCUT2D eigenvalue weighted by atomic mass is 10.3. The van der Waals surface area contributed by atoms with Crippen molar-refractivity contribution in [3.63, 3.8) is 0 Å². The molecule has 11 nitrogen and oxygen atoms in total. The van der Waals surface area contributed by atoms with Crippen LogP contribution in [0.1, 0.15) is 0 Å². The fraction of sp³-hybridized carbons (Fsp3) is 0.238. The van der Waals surface area contributed by atoms with Crippen LogP contribution in [-0.4, -0.2) is 58.4 Å². The summed E-state index contributed by atoms with van der Waals surface area (Å²) in [5, 5.41) is 3.13. The molecule has 0 atom stereocenters. The fourth-order valence-corrected chi connectivity index (χ4v) is 5.17. The van der Waals surface area contributed by atoms with Gasteiger partial charge in [-0.15, -0.1) is 0 Å². The van der Waals surface area contributed by atoms with Crippen LogP contribution in [0.4, 0.5) is 17.5 Å². The number of pyridine rings is 1. The molecule has 1 aliphatic heterocycles. The van der Waals surface area contributed by atoms with E-state index in [4.69, 9.17) is 4.42 Å². The zero-order valence-corrected chi connectivity index (χ0v) is 18.6. The second-order valence-electron chi connectivity index (χ2n) is 7.55. The number of nitrogens with zero attached hydrogens (tertiary/aromatic N) is 6. The second-order valence-corrected chi connectivity index (χ2v) is 9.49. The number of aromatic nitrogens is 4. The highest BCUT2D eigenvalue weighted by Crippen LogP contribution is 2.24. The lowest BCUT2D eigenvalue weighted by molar-refractivity contribution is 0.384. The van der Waals surface area contributed by atoms with Crippen LogP contribution in [0.5, 0.6) is 0 Å². The number of piperazine rings is 1. The van der Waals surface area contributed by atoms with Crippen LogP contribution in [0.3, 0.4) is 0 Å². The zero-order chi connectivity index (χ0) is 23.0. The molecular formula is C21H21N7O4S. The second kappa shape index (κ2) is 8.30. The van der Waals surface area contributed by atoms with Crippen LogP contribution in [0.15, 0.2) is 69.1 Å². The maximum absolute atomic E-state index is 13.2. The molecule has 12 heteroatoms. The Balaban J connectivity index is 1.30. The van der Waals surface area contributed by atoms with E-state index < -0.39 is 15.8 Å². The molecule has 33 heavy (non-hydrogen) atoms. The minimum Gasteiger partial charge on any atom is -0.408 e. The van der Waals surface area contributed by atoms with Gasteiger partial charge < -0.3 is 14.6 Å². The summed E-state index contributed by atoms with van der Waals surface area (Å²) in [6.45, 7) is 1.56. The molecule has 0 bridgehead atoms. The molecule has 1 aromatic carbocycles. The third-order valence-corrected chi connectivity index (χ3v) is 7.43. The minimum atomic E-state index is -3.72. The van der Waals surface area contributed by atoms with Gasteiger partial charge >= 0.3 is 5.76 Å². The van der Waals surface area contributed by atoms with Crippen molar-refractivity contribution in [1.29, 1.82) is 0 Å². The first kappa shape index (κ1) is 21.1. The molecule has 4 aromatic rings. The highest BCUT2D eigenvalue weighted by Gasteiger charge is 2.29. The van der Waals surface area contributed by atoms with Gasteiger partial charge in [0.15, 0.2) is 5.58 Å². The molecule has 0 aliphatic carbocycles. The van der Waals surface area contributed by atoms with Crippen LogP contribution in [-0.2, 0) is 17.1 Å². The molecule has 0 spiro atoms. The molecule has 1 fully saturated rings. The molecular weight excluding hydrogens is 446 g/mol. The highest BCUT2D eigenvalue weighted by atomic mass is 32.2. The van der Waals surface area contributed by atoms with Gasteiger partial charge in [-0.05, 0) is 30.3 Å². The Labute approximate surface area is 189 Å². The number of nitrogens with one attached hydrogen (secondary N) is 1. The summed E-state index contributed by atoms with van der Waals surface area (Å²) >= 11 is 0. The van der Waals surface area contributed by atoms with Gasteiger partial charge in [0.05, 0.1) is 10.4 Å². The number of oxazole rings is 1. The first-order valence-corrected chi connectivity index (χ1v) is 11.7. The highest BCUT2D eigenvalue weighted by molar-refractivity contribution is 7.89. The lowest BCUT2D eigenvalue weighted by Gasteiger charge is -2.34. The molecule has 0 amide bonds. The molecule has 1 saturated heterocycles. The summed E-state index contributed by atoms with van der Waals surface area (Å²) < 4.78 is 34.2. The molecule has 5 rings (SSSR count). The van der Waals surface area contributed by atoms with E-state index in [2.05, 4.69) is 20.3 Å². The van der Waals surface area contributed by atoms with Crippen LogP contribution in [0.25, 0.3) is 11.1 Å². The first-order valence-electron chi connectivity index (χ1n) is 10.3. The Bertz CT molecular complexity index is 1460. The number of anilines is 3. The number of benzene rings is 1. The average molecular weight is 468 g/mol. The summed E-state index contributed by atoms with van der Waals surface area (Å²) in [5.74, 6) is 1.45. The van der Waals surface area contributed by atoms with Gasteiger partial charge in [0.1, 0.15) is 23.8 Å². The van der Waals surface area contributed by atoms with Crippen LogP contribution in [0, 0.1) is 0 Å². The van der Waals surface area contributed by atoms with Gasteiger partial charge in [-0.3, -0.25) is 4.57 Å². The molecule has 3 aromatic heterocycles. The van der Waals surface area contributed by atoms with Crippen LogP contribution >= 0.6 is 0 Å². The maximum atomic E-state index is 13.2. The number of aryl methyl sites for hydroxylation is 1. The SMILES string of the molecule is Cn1c(=O)oc2ccc(S(=O)(=O)N3CCN(c4cc(Nc5ccccn5)ncn4)CC3)cc21. The predicted molar refractivity (Wildman–Crippen MR) is 122 cm³/mol. The van der Waals surface area contributed by atoms with Crippen molar-refractivity contribution in [2.45, 2.75) is 4.90 Å². The van der Waals surface area contributed by atoms with Crippen molar-refractivity contribution < 1.29 is 12.8 Å². The Kier molecular flexibility index (Phi) is 5.30. The van der Waals surface area contributed by atoms with Gasteiger partial charge in [0, 0.05) is 45.5 Å². The fourth-order valence-electron chi connectivity index (χ4n) is 3.73. The summed E-state index contributed by atoms with van der Waals surface area (Å²) in [5.41, 5.74) is 0.791. The number of fused-ring (bicyclic) bond motifs is 1. The van der Waals surface area contributed by atoms with Gasteiger partial charge in [0.25, 0.3) is 0 Å². The molecule has 0 saturated carbocycles. The predicted octanol–water partition coefficient (Wildman–Crippen LogP) is 1.57. The van der Waals surface area contributed by atoms with Crippen molar-refractivity contribution in [3.05, 3.63) is 65.5 Å². The summed E-state index contributed by atoms with van der Waals surface area (Å²) in [6.07, 6.45) is 3.15. The molecule has 4 heterocycles. The summed E-state index contributed by atoms with van der Waals surface area (Å²) in [4.78, 5) is 26.6. The Morgan fingerprint density at radius 1 is 0.970 bits per heavy atom. The van der Waals surface area contributed by atoms with E-state index >= 15 is 0 Å². The summed E-state index contributed by atoms with van der Waals surface area (Å²) in [7, 11) is -2.18. The van der Waals surface area contributed by atoms with Gasteiger partial charge in [-0.25, -0.2) is 28.2 Å². The zero-order valence-electron chi connectivity index (χ0n) is 17.7. The minimum absolute atomic E-state index is 0.128. The van der Waals surface area contributed by atoms with Crippen molar-refractivity contribution in [2.24, 2.45) is 7.05 Å². The number of rotatable bonds is 5. The first-order chi connectivity index (χ1) is 15.9. The van der Waals surface area contributed by atoms with E-state index in [1.807, 2.05) is 29.2 Å². The Hall–Kier alpha value is -3.77. The normalized spacial score (nSPS) is 15.1. The lowest BCUT2D eigenvalue weighted by Crippen LogP contribution is -2.48. The van der Waals surface area contributed by atoms with Crippen LogP contribution in [0.2, 0.25) is 0 Å². The van der Waals surface area contributed by atoms with Crippen molar-refractivity contribution in [1.82, 2.24) is 23.8 Å². The molecule has 1 N–H and O–H groups in total. The quantitative estimate of drug-likeness (QED) is 0.465. The van der Waals surface area contributed by atoms with E-state index in [1.165, 1.54) is 33.4 Å². The van der Waals surface area contributed by atoms with Crippen LogP contribution < -0.4 is 16.0 Å². The van der Waals surface area contributed by atoms with E-state index in [0.717, 1.165) is 0 Å². The third-order valence-electron chi connectivity index (χ3n) is 5.54. The largest absolute Gasteiger partial charge is 0.419 e.